The first-order valence-electron chi connectivity index (χ1n) is 4.59. The molecule has 2 N–H and O–H groups in total. The molecule has 0 radical (unpaired) electrons. The second-order valence-electron chi connectivity index (χ2n) is 3.23. The number of anilines is 1. The molecule has 0 spiro atoms. The molecule has 90 valence electrons. The van der Waals surface area contributed by atoms with Gasteiger partial charge >= 0.3 is 0 Å². The second-order valence-corrected chi connectivity index (χ2v) is 5.60. The summed E-state index contributed by atoms with van der Waals surface area (Å²) >= 11 is 1.29. The van der Waals surface area contributed by atoms with E-state index in [2.05, 4.69) is 4.98 Å². The topological polar surface area (TPSA) is 56.0 Å². The summed E-state index contributed by atoms with van der Waals surface area (Å²) in [6, 6.07) is 1.91. The molecule has 2 aromatic rings. The Hall–Kier alpha value is -1.34. The zero-order valence-electron chi connectivity index (χ0n) is 8.52. The largest absolute Gasteiger partial charge is 0.399 e. The maximum atomic E-state index is 13.5. The van der Waals surface area contributed by atoms with E-state index in [0.717, 1.165) is 12.1 Å². The highest BCUT2D eigenvalue weighted by molar-refractivity contribution is 7.84. The second kappa shape index (κ2) is 4.89. The summed E-state index contributed by atoms with van der Waals surface area (Å²) in [5, 5.41) is 2.28. The number of rotatable bonds is 3. The first-order chi connectivity index (χ1) is 8.08. The quantitative estimate of drug-likeness (QED) is 0.874. The zero-order valence-corrected chi connectivity index (χ0v) is 10.2. The minimum atomic E-state index is -1.80. The molecule has 0 aliphatic heterocycles. The summed E-state index contributed by atoms with van der Waals surface area (Å²) in [4.78, 5) is 3.46. The van der Waals surface area contributed by atoms with E-state index in [1.807, 2.05) is 0 Å². The van der Waals surface area contributed by atoms with Crippen LogP contribution in [-0.2, 0) is 16.6 Å². The molecule has 7 heteroatoms. The number of aromatic nitrogens is 1. The summed E-state index contributed by atoms with van der Waals surface area (Å²) in [5.41, 5.74) is 5.24. The molecule has 0 fully saturated rings. The van der Waals surface area contributed by atoms with Crippen molar-refractivity contribution in [1.29, 1.82) is 0 Å². The molecule has 3 nitrogen and oxygen atoms in total. The number of nitrogen functional groups attached to an aromatic ring is 1. The van der Waals surface area contributed by atoms with Crippen LogP contribution in [0.4, 0.5) is 14.5 Å². The molecule has 0 amide bonds. The summed E-state index contributed by atoms with van der Waals surface area (Å²) in [7, 11) is -1.80. The normalized spacial score (nSPS) is 12.6. The Morgan fingerprint density at radius 3 is 2.53 bits per heavy atom. The number of benzene rings is 1. The van der Waals surface area contributed by atoms with Crippen LogP contribution in [0.1, 0.15) is 5.01 Å². The van der Waals surface area contributed by atoms with Crippen molar-refractivity contribution in [1.82, 2.24) is 4.98 Å². The molecule has 1 heterocycles. The van der Waals surface area contributed by atoms with E-state index in [1.54, 1.807) is 11.6 Å². The van der Waals surface area contributed by atoms with Crippen molar-refractivity contribution in [3.63, 3.8) is 0 Å². The third-order valence-corrected chi connectivity index (χ3v) is 4.33. The Morgan fingerprint density at radius 1 is 1.35 bits per heavy atom. The van der Waals surface area contributed by atoms with Gasteiger partial charge in [0.15, 0.2) is 0 Å². The van der Waals surface area contributed by atoms with E-state index in [4.69, 9.17) is 5.73 Å². The van der Waals surface area contributed by atoms with Crippen molar-refractivity contribution < 1.29 is 13.0 Å². The number of hydrogen-bond acceptors (Lipinski definition) is 4. The Bertz CT molecular complexity index is 534. The summed E-state index contributed by atoms with van der Waals surface area (Å²) in [6.07, 6.45) is 1.55. The average Bonchev–Trinajstić information content (AvgIpc) is 2.68. The molecule has 0 bridgehead atoms. The lowest BCUT2D eigenvalue weighted by Gasteiger charge is -2.04. The van der Waals surface area contributed by atoms with Crippen LogP contribution in [-0.4, -0.2) is 9.19 Å². The molecule has 17 heavy (non-hydrogen) atoms. The fourth-order valence-electron chi connectivity index (χ4n) is 1.31. The smallest absolute Gasteiger partial charge is 0.144 e. The lowest BCUT2D eigenvalue weighted by atomic mass is 10.3. The number of nitrogens with zero attached hydrogens (tertiary/aromatic N) is 1. The van der Waals surface area contributed by atoms with Gasteiger partial charge in [0.05, 0.1) is 16.6 Å². The molecule has 1 atom stereocenters. The predicted octanol–water partition coefficient (Wildman–Crippen LogP) is 2.31. The van der Waals surface area contributed by atoms with Crippen LogP contribution in [0, 0.1) is 11.6 Å². The molecule has 1 aromatic heterocycles. The molecule has 0 aliphatic rings. The van der Waals surface area contributed by atoms with Crippen LogP contribution < -0.4 is 5.73 Å². The first-order valence-corrected chi connectivity index (χ1v) is 6.79. The van der Waals surface area contributed by atoms with Crippen LogP contribution in [0.5, 0.6) is 0 Å². The summed E-state index contributed by atoms with van der Waals surface area (Å²) in [6.45, 7) is 0. The van der Waals surface area contributed by atoms with Crippen molar-refractivity contribution in [2.45, 2.75) is 10.6 Å². The third kappa shape index (κ3) is 2.67. The SMILES string of the molecule is Nc1cc(F)c(S(=O)Cc2nccs2)c(F)c1. The Morgan fingerprint density at radius 2 is 2.00 bits per heavy atom. The maximum Gasteiger partial charge on any atom is 0.144 e. The molecule has 0 saturated carbocycles. The fourth-order valence-corrected chi connectivity index (χ4v) is 3.30. The van der Waals surface area contributed by atoms with E-state index in [0.29, 0.717) is 5.01 Å². The van der Waals surface area contributed by atoms with Gasteiger partial charge in [0.1, 0.15) is 21.5 Å². The van der Waals surface area contributed by atoms with Crippen molar-refractivity contribution in [2.24, 2.45) is 0 Å². The average molecular weight is 274 g/mol. The van der Waals surface area contributed by atoms with Crippen LogP contribution in [0.15, 0.2) is 28.6 Å². The van der Waals surface area contributed by atoms with Gasteiger partial charge < -0.3 is 5.73 Å². The zero-order chi connectivity index (χ0) is 12.4. The van der Waals surface area contributed by atoms with Gasteiger partial charge in [0.2, 0.25) is 0 Å². The maximum absolute atomic E-state index is 13.5. The lowest BCUT2D eigenvalue weighted by Crippen LogP contribution is -2.03. The fraction of sp³-hybridized carbons (Fsp3) is 0.100. The van der Waals surface area contributed by atoms with E-state index in [-0.39, 0.29) is 11.4 Å². The highest BCUT2D eigenvalue weighted by Gasteiger charge is 2.18. The van der Waals surface area contributed by atoms with Crippen molar-refractivity contribution >= 4 is 27.8 Å². The summed E-state index contributed by atoms with van der Waals surface area (Å²) in [5.74, 6) is -1.79. The van der Waals surface area contributed by atoms with E-state index < -0.39 is 27.3 Å². The number of thiazole rings is 1. The first kappa shape index (κ1) is 12.1. The van der Waals surface area contributed by atoms with Gasteiger partial charge in [-0.3, -0.25) is 4.21 Å². The minimum absolute atomic E-state index is 0.00454. The molecule has 0 aliphatic carbocycles. The molecule has 0 saturated heterocycles. The van der Waals surface area contributed by atoms with Crippen LogP contribution >= 0.6 is 11.3 Å². The van der Waals surface area contributed by atoms with Crippen molar-refractivity contribution in [2.75, 3.05) is 5.73 Å². The Kier molecular flexibility index (Phi) is 3.49. The lowest BCUT2D eigenvalue weighted by molar-refractivity contribution is 0.535. The van der Waals surface area contributed by atoms with Crippen LogP contribution in [0.25, 0.3) is 0 Å². The number of hydrogen-bond donors (Lipinski definition) is 1. The molecule has 2 rings (SSSR count). The van der Waals surface area contributed by atoms with Crippen LogP contribution in [0.2, 0.25) is 0 Å². The Labute approximate surface area is 103 Å². The number of halogens is 2. The van der Waals surface area contributed by atoms with Crippen LogP contribution in [0.3, 0.4) is 0 Å². The minimum Gasteiger partial charge on any atom is -0.399 e. The monoisotopic (exact) mass is 274 g/mol. The standard InChI is InChI=1S/C10H8F2N2OS2/c11-7-3-6(13)4-8(12)10(7)17(15)5-9-14-1-2-16-9/h1-4H,5,13H2. The highest BCUT2D eigenvalue weighted by Crippen LogP contribution is 2.22. The highest BCUT2D eigenvalue weighted by atomic mass is 32.2. The van der Waals surface area contributed by atoms with E-state index in [9.17, 15) is 13.0 Å². The van der Waals surface area contributed by atoms with Gasteiger partial charge in [-0.25, -0.2) is 13.8 Å². The molecule has 1 aromatic carbocycles. The molecular formula is C10H8F2N2OS2. The van der Waals surface area contributed by atoms with E-state index >= 15 is 0 Å². The van der Waals surface area contributed by atoms with E-state index in [1.165, 1.54) is 11.3 Å². The van der Waals surface area contributed by atoms with Crippen molar-refractivity contribution in [3.05, 3.63) is 40.4 Å². The van der Waals surface area contributed by atoms with Crippen molar-refractivity contribution in [3.8, 4) is 0 Å². The summed E-state index contributed by atoms with van der Waals surface area (Å²) < 4.78 is 38.7. The predicted molar refractivity (Wildman–Crippen MR) is 63.0 cm³/mol. The van der Waals surface area contributed by atoms with Gasteiger partial charge in [0, 0.05) is 17.3 Å². The van der Waals surface area contributed by atoms with Gasteiger partial charge in [-0.15, -0.1) is 11.3 Å². The van der Waals surface area contributed by atoms with Gasteiger partial charge in [-0.05, 0) is 12.1 Å². The number of nitrogens with two attached hydrogens (primary N) is 1. The Balaban J connectivity index is 2.31. The van der Waals surface area contributed by atoms with Gasteiger partial charge in [-0.2, -0.15) is 0 Å². The molecule has 1 unspecified atom stereocenters. The molecular weight excluding hydrogens is 266 g/mol. The van der Waals surface area contributed by atoms with Gasteiger partial charge in [0.25, 0.3) is 0 Å². The van der Waals surface area contributed by atoms with Gasteiger partial charge in [-0.1, -0.05) is 0 Å². The third-order valence-electron chi connectivity index (χ3n) is 1.99.